The zero-order chi connectivity index (χ0) is 13.6. The Balaban J connectivity index is 1.81. The summed E-state index contributed by atoms with van der Waals surface area (Å²) in [5, 5.41) is 28.0. The van der Waals surface area contributed by atoms with Crippen molar-refractivity contribution in [3.05, 3.63) is 29.0 Å². The molecule has 5 nitrogen and oxygen atoms in total. The van der Waals surface area contributed by atoms with Crippen molar-refractivity contribution in [2.45, 2.75) is 25.7 Å². The molecule has 1 fully saturated rings. The number of rotatable bonds is 2. The molecular weight excluding hydrogens is 248 g/mol. The SMILES string of the molecule is O=C(OC1=C2CCC(C2)C1)c1cc(O)c(O)c(O)c1. The maximum Gasteiger partial charge on any atom is 0.343 e. The molecule has 1 aromatic rings. The average molecular weight is 262 g/mol. The molecule has 0 heterocycles. The van der Waals surface area contributed by atoms with Gasteiger partial charge in [0.05, 0.1) is 5.56 Å². The first kappa shape index (κ1) is 11.9. The van der Waals surface area contributed by atoms with Crippen LogP contribution in [-0.4, -0.2) is 21.3 Å². The van der Waals surface area contributed by atoms with Gasteiger partial charge in [-0.2, -0.15) is 0 Å². The van der Waals surface area contributed by atoms with Crippen molar-refractivity contribution in [2.24, 2.45) is 5.92 Å². The summed E-state index contributed by atoms with van der Waals surface area (Å²) in [5.41, 5.74) is 1.22. The largest absolute Gasteiger partial charge is 0.504 e. The first-order chi connectivity index (χ1) is 9.04. The van der Waals surface area contributed by atoms with Gasteiger partial charge in [-0.1, -0.05) is 0 Å². The zero-order valence-corrected chi connectivity index (χ0v) is 10.2. The number of phenols is 3. The quantitative estimate of drug-likeness (QED) is 0.562. The fourth-order valence-corrected chi connectivity index (χ4v) is 2.77. The molecule has 2 aliphatic carbocycles. The van der Waals surface area contributed by atoms with Crippen LogP contribution in [0.5, 0.6) is 17.2 Å². The number of fused-ring (bicyclic) bond motifs is 2. The van der Waals surface area contributed by atoms with Gasteiger partial charge >= 0.3 is 5.97 Å². The molecule has 100 valence electrons. The fourth-order valence-electron chi connectivity index (χ4n) is 2.77. The number of ether oxygens (including phenoxy) is 1. The number of carbonyl (C=O) groups excluding carboxylic acids is 1. The van der Waals surface area contributed by atoms with E-state index in [1.807, 2.05) is 0 Å². The van der Waals surface area contributed by atoms with Gasteiger partial charge in [0.2, 0.25) is 0 Å². The van der Waals surface area contributed by atoms with Gasteiger partial charge in [0.25, 0.3) is 0 Å². The number of hydrogen-bond donors (Lipinski definition) is 3. The normalized spacial score (nSPS) is 20.9. The molecule has 1 atom stereocenters. The lowest BCUT2D eigenvalue weighted by Gasteiger charge is -2.12. The summed E-state index contributed by atoms with van der Waals surface area (Å²) < 4.78 is 5.32. The molecular formula is C14H14O5. The van der Waals surface area contributed by atoms with Gasteiger partial charge in [0, 0.05) is 6.42 Å². The lowest BCUT2D eigenvalue weighted by Crippen LogP contribution is -2.07. The minimum Gasteiger partial charge on any atom is -0.504 e. The standard InChI is InChI=1S/C14H14O5/c15-10-5-9(6-11(16)13(10)17)14(18)19-12-4-7-1-2-8(12)3-7/h5-7,15-17H,1-4H2. The minimum absolute atomic E-state index is 0.0173. The molecule has 0 aliphatic heterocycles. The van der Waals surface area contributed by atoms with Gasteiger partial charge in [-0.05, 0) is 42.9 Å². The van der Waals surface area contributed by atoms with Crippen LogP contribution in [0, 0.1) is 5.92 Å². The van der Waals surface area contributed by atoms with E-state index in [9.17, 15) is 20.1 Å². The van der Waals surface area contributed by atoms with Crippen LogP contribution in [-0.2, 0) is 4.74 Å². The number of carbonyl (C=O) groups is 1. The van der Waals surface area contributed by atoms with E-state index in [4.69, 9.17) is 4.74 Å². The topological polar surface area (TPSA) is 87.0 Å². The van der Waals surface area contributed by atoms with Gasteiger partial charge in [0.15, 0.2) is 17.2 Å². The summed E-state index contributed by atoms with van der Waals surface area (Å²) in [4.78, 5) is 11.9. The van der Waals surface area contributed by atoms with Gasteiger partial charge in [0.1, 0.15) is 5.76 Å². The van der Waals surface area contributed by atoms with Crippen LogP contribution in [0.2, 0.25) is 0 Å². The average Bonchev–Trinajstić information content (AvgIpc) is 2.97. The molecule has 2 aliphatic rings. The number of allylic oxidation sites excluding steroid dienone is 2. The monoisotopic (exact) mass is 262 g/mol. The van der Waals surface area contributed by atoms with Crippen molar-refractivity contribution in [3.8, 4) is 17.2 Å². The summed E-state index contributed by atoms with van der Waals surface area (Å²) in [6.45, 7) is 0. The Hall–Kier alpha value is -2.17. The second-order valence-electron chi connectivity index (χ2n) is 5.09. The van der Waals surface area contributed by atoms with Crippen molar-refractivity contribution >= 4 is 5.97 Å². The lowest BCUT2D eigenvalue weighted by atomic mass is 10.0. The molecule has 0 aromatic heterocycles. The molecule has 5 heteroatoms. The maximum absolute atomic E-state index is 11.9. The maximum atomic E-state index is 11.9. The highest BCUT2D eigenvalue weighted by Crippen LogP contribution is 2.44. The Morgan fingerprint density at radius 2 is 1.84 bits per heavy atom. The van der Waals surface area contributed by atoms with Gasteiger partial charge in [-0.25, -0.2) is 4.79 Å². The third kappa shape index (κ3) is 2.01. The molecule has 19 heavy (non-hydrogen) atoms. The molecule has 2 bridgehead atoms. The van der Waals surface area contributed by atoms with E-state index in [1.165, 1.54) is 5.57 Å². The van der Waals surface area contributed by atoms with Crippen LogP contribution < -0.4 is 0 Å². The van der Waals surface area contributed by atoms with E-state index >= 15 is 0 Å². The molecule has 0 spiro atoms. The van der Waals surface area contributed by atoms with E-state index in [0.717, 1.165) is 43.6 Å². The third-order valence-corrected chi connectivity index (χ3v) is 3.78. The Morgan fingerprint density at radius 3 is 2.37 bits per heavy atom. The Labute approximate surface area is 109 Å². The van der Waals surface area contributed by atoms with Gasteiger partial charge in [-0.3, -0.25) is 0 Å². The summed E-state index contributed by atoms with van der Waals surface area (Å²) >= 11 is 0. The predicted molar refractivity (Wildman–Crippen MR) is 65.8 cm³/mol. The number of aromatic hydroxyl groups is 3. The molecule has 0 radical (unpaired) electrons. The fraction of sp³-hybridized carbons (Fsp3) is 0.357. The summed E-state index contributed by atoms with van der Waals surface area (Å²) in [6.07, 6.45) is 3.95. The molecule has 1 aromatic carbocycles. The predicted octanol–water partition coefficient (Wildman–Crippen LogP) is 2.42. The van der Waals surface area contributed by atoms with Crippen molar-refractivity contribution < 1.29 is 24.9 Å². The number of phenolic OH excluding ortho intramolecular Hbond substituents is 3. The highest BCUT2D eigenvalue weighted by Gasteiger charge is 2.32. The molecule has 3 N–H and O–H groups in total. The Bertz CT molecular complexity index is 564. The van der Waals surface area contributed by atoms with Crippen molar-refractivity contribution in [2.75, 3.05) is 0 Å². The Kier molecular flexibility index (Phi) is 2.62. The smallest absolute Gasteiger partial charge is 0.343 e. The molecule has 3 rings (SSSR count). The number of esters is 1. The van der Waals surface area contributed by atoms with Crippen LogP contribution in [0.1, 0.15) is 36.0 Å². The highest BCUT2D eigenvalue weighted by atomic mass is 16.5. The van der Waals surface area contributed by atoms with Crippen molar-refractivity contribution in [3.63, 3.8) is 0 Å². The minimum atomic E-state index is -0.640. The Morgan fingerprint density at radius 1 is 1.16 bits per heavy atom. The molecule has 1 unspecified atom stereocenters. The first-order valence-electron chi connectivity index (χ1n) is 6.22. The summed E-state index contributed by atoms with van der Waals surface area (Å²) in [5.74, 6) is -1.03. The highest BCUT2D eigenvalue weighted by molar-refractivity contribution is 5.91. The summed E-state index contributed by atoms with van der Waals surface area (Å²) in [6, 6.07) is 2.16. The van der Waals surface area contributed by atoms with Crippen molar-refractivity contribution in [1.82, 2.24) is 0 Å². The molecule has 0 amide bonds. The molecule has 0 saturated heterocycles. The van der Waals surface area contributed by atoms with Gasteiger partial charge < -0.3 is 20.1 Å². The second kappa shape index (κ2) is 4.19. The zero-order valence-electron chi connectivity index (χ0n) is 10.2. The third-order valence-electron chi connectivity index (χ3n) is 3.78. The van der Waals surface area contributed by atoms with Crippen molar-refractivity contribution in [1.29, 1.82) is 0 Å². The van der Waals surface area contributed by atoms with E-state index < -0.39 is 23.2 Å². The first-order valence-corrected chi connectivity index (χ1v) is 6.22. The van der Waals surface area contributed by atoms with E-state index in [0.29, 0.717) is 5.92 Å². The van der Waals surface area contributed by atoms with Crippen LogP contribution in [0.25, 0.3) is 0 Å². The van der Waals surface area contributed by atoms with E-state index in [-0.39, 0.29) is 5.56 Å². The summed E-state index contributed by atoms with van der Waals surface area (Å²) in [7, 11) is 0. The lowest BCUT2D eigenvalue weighted by molar-refractivity contribution is 0.0606. The van der Waals surface area contributed by atoms with Crippen LogP contribution >= 0.6 is 0 Å². The van der Waals surface area contributed by atoms with Crippen LogP contribution in [0.4, 0.5) is 0 Å². The van der Waals surface area contributed by atoms with E-state index in [2.05, 4.69) is 0 Å². The molecule has 1 saturated carbocycles. The van der Waals surface area contributed by atoms with Crippen LogP contribution in [0.3, 0.4) is 0 Å². The second-order valence-corrected chi connectivity index (χ2v) is 5.09. The van der Waals surface area contributed by atoms with E-state index in [1.54, 1.807) is 0 Å². The van der Waals surface area contributed by atoms with Gasteiger partial charge in [-0.15, -0.1) is 0 Å². The number of hydrogen-bond acceptors (Lipinski definition) is 5. The number of benzene rings is 1. The van der Waals surface area contributed by atoms with Crippen LogP contribution in [0.15, 0.2) is 23.5 Å².